The lowest BCUT2D eigenvalue weighted by atomic mass is 10.2. The van der Waals surface area contributed by atoms with E-state index in [4.69, 9.17) is 10.4 Å². The third kappa shape index (κ3) is 2.52. The summed E-state index contributed by atoms with van der Waals surface area (Å²) >= 11 is 0. The van der Waals surface area contributed by atoms with E-state index < -0.39 is 17.3 Å². The van der Waals surface area contributed by atoms with Crippen LogP contribution in [0.4, 0.5) is 4.39 Å². The van der Waals surface area contributed by atoms with Crippen LogP contribution in [0.1, 0.15) is 22.5 Å². The molecule has 0 amide bonds. The van der Waals surface area contributed by atoms with Crippen molar-refractivity contribution in [2.75, 3.05) is 0 Å². The van der Waals surface area contributed by atoms with E-state index in [1.54, 1.807) is 6.07 Å². The number of halogens is 1. The van der Waals surface area contributed by atoms with Gasteiger partial charge in [-0.1, -0.05) is 5.92 Å². The van der Waals surface area contributed by atoms with E-state index in [0.29, 0.717) is 0 Å². The molecule has 1 rings (SSSR count). The lowest BCUT2D eigenvalue weighted by molar-refractivity contribution is 0.0691. The molecule has 1 aromatic heterocycles. The molecule has 0 saturated carbocycles. The number of hydrogen-bond donors (Lipinski definition) is 1. The van der Waals surface area contributed by atoms with Gasteiger partial charge in [0, 0.05) is 6.20 Å². The lowest BCUT2D eigenvalue weighted by Crippen LogP contribution is -2.03. The first-order valence-corrected chi connectivity index (χ1v) is 3.90. The smallest absolute Gasteiger partial charge is 0.338 e. The molecule has 0 spiro atoms. The van der Waals surface area contributed by atoms with Crippen molar-refractivity contribution < 1.29 is 14.3 Å². The van der Waals surface area contributed by atoms with E-state index in [2.05, 4.69) is 16.8 Å². The lowest BCUT2D eigenvalue weighted by Gasteiger charge is -1.97. The van der Waals surface area contributed by atoms with Crippen LogP contribution in [0, 0.1) is 29.0 Å². The summed E-state index contributed by atoms with van der Waals surface area (Å²) in [5.74, 6) is 2.29. The molecule has 0 aliphatic carbocycles. The zero-order valence-corrected chi connectivity index (χ0v) is 7.49. The molecule has 1 aromatic rings. The van der Waals surface area contributed by atoms with E-state index in [9.17, 15) is 9.18 Å². The van der Waals surface area contributed by atoms with Crippen molar-refractivity contribution in [1.82, 2.24) is 4.98 Å². The summed E-state index contributed by atoms with van der Waals surface area (Å²) in [4.78, 5) is 14.1. The van der Waals surface area contributed by atoms with E-state index in [0.717, 1.165) is 12.3 Å². The van der Waals surface area contributed by atoms with Gasteiger partial charge in [-0.2, -0.15) is 5.26 Å². The predicted octanol–water partition coefficient (Wildman–Crippen LogP) is 1.18. The molecule has 0 bridgehead atoms. The first-order valence-electron chi connectivity index (χ1n) is 3.90. The summed E-state index contributed by atoms with van der Waals surface area (Å²) < 4.78 is 13.3. The topological polar surface area (TPSA) is 74.0 Å². The quantitative estimate of drug-likeness (QED) is 0.697. The monoisotopic (exact) mass is 204 g/mol. The minimum atomic E-state index is -1.38. The van der Waals surface area contributed by atoms with Crippen molar-refractivity contribution in [3.63, 3.8) is 0 Å². The van der Waals surface area contributed by atoms with Gasteiger partial charge in [0.1, 0.15) is 5.69 Å². The first kappa shape index (κ1) is 10.7. The largest absolute Gasteiger partial charge is 0.478 e. The second-order valence-corrected chi connectivity index (χ2v) is 2.46. The standard InChI is InChI=1S/C10H5FN2O2/c11-9-7(10(14)15)4-6-13-8(9)3-1-2-5-12/h4,6H,2H2,(H,14,15). The molecule has 0 fully saturated rings. The van der Waals surface area contributed by atoms with Gasteiger partial charge >= 0.3 is 5.97 Å². The van der Waals surface area contributed by atoms with E-state index in [1.165, 1.54) is 0 Å². The van der Waals surface area contributed by atoms with Crippen LogP contribution in [-0.4, -0.2) is 16.1 Å². The van der Waals surface area contributed by atoms with Crippen molar-refractivity contribution in [3.05, 3.63) is 29.3 Å². The highest BCUT2D eigenvalue weighted by molar-refractivity contribution is 5.88. The van der Waals surface area contributed by atoms with Gasteiger partial charge in [0.25, 0.3) is 0 Å². The van der Waals surface area contributed by atoms with Gasteiger partial charge in [-0.25, -0.2) is 14.2 Å². The molecular weight excluding hydrogens is 199 g/mol. The van der Waals surface area contributed by atoms with Gasteiger partial charge in [-0.15, -0.1) is 0 Å². The Morgan fingerprint density at radius 2 is 2.40 bits per heavy atom. The molecule has 0 saturated heterocycles. The second kappa shape index (κ2) is 4.73. The highest BCUT2D eigenvalue weighted by Gasteiger charge is 2.13. The van der Waals surface area contributed by atoms with Gasteiger partial charge < -0.3 is 5.11 Å². The van der Waals surface area contributed by atoms with Gasteiger partial charge in [0.2, 0.25) is 0 Å². The van der Waals surface area contributed by atoms with E-state index in [1.807, 2.05) is 0 Å². The zero-order chi connectivity index (χ0) is 11.3. The number of aromatic nitrogens is 1. The Balaban J connectivity index is 3.13. The average Bonchev–Trinajstić information content (AvgIpc) is 2.20. The third-order valence-electron chi connectivity index (χ3n) is 1.49. The molecule has 0 atom stereocenters. The SMILES string of the molecule is N#CCC#Cc1nccc(C(=O)O)c1F. The first-order chi connectivity index (χ1) is 7.16. The Kier molecular flexibility index (Phi) is 3.37. The number of carboxylic acids is 1. The maximum atomic E-state index is 13.3. The summed E-state index contributed by atoms with van der Waals surface area (Å²) in [5.41, 5.74) is -0.739. The van der Waals surface area contributed by atoms with Crippen LogP contribution in [-0.2, 0) is 0 Å². The Morgan fingerprint density at radius 3 is 3.00 bits per heavy atom. The number of carboxylic acid groups (broad SMARTS) is 1. The maximum Gasteiger partial charge on any atom is 0.338 e. The Hall–Kier alpha value is -2.40. The van der Waals surface area contributed by atoms with Gasteiger partial charge in [-0.05, 0) is 12.0 Å². The second-order valence-electron chi connectivity index (χ2n) is 2.46. The molecule has 1 N–H and O–H groups in total. The fraction of sp³-hybridized carbons (Fsp3) is 0.100. The molecule has 0 unspecified atom stereocenters. The van der Waals surface area contributed by atoms with Crippen LogP contribution in [0.15, 0.2) is 12.3 Å². The number of nitriles is 1. The summed E-state index contributed by atoms with van der Waals surface area (Å²) in [6, 6.07) is 2.80. The van der Waals surface area contributed by atoms with Gasteiger partial charge in [-0.3, -0.25) is 0 Å². The summed E-state index contributed by atoms with van der Waals surface area (Å²) in [5, 5.41) is 16.8. The molecule has 0 aliphatic rings. The highest BCUT2D eigenvalue weighted by atomic mass is 19.1. The molecule has 0 radical (unpaired) electrons. The number of hydrogen-bond acceptors (Lipinski definition) is 3. The van der Waals surface area contributed by atoms with Crippen LogP contribution in [0.3, 0.4) is 0 Å². The fourth-order valence-corrected chi connectivity index (χ4v) is 0.863. The number of pyridine rings is 1. The summed E-state index contributed by atoms with van der Waals surface area (Å²) in [7, 11) is 0. The third-order valence-corrected chi connectivity index (χ3v) is 1.49. The fourth-order valence-electron chi connectivity index (χ4n) is 0.863. The molecule has 4 nitrogen and oxygen atoms in total. The Bertz CT molecular complexity index is 494. The minimum absolute atomic E-state index is 0.0571. The number of rotatable bonds is 1. The molecule has 0 aliphatic heterocycles. The zero-order valence-electron chi connectivity index (χ0n) is 7.49. The molecule has 0 aromatic carbocycles. The van der Waals surface area contributed by atoms with E-state index in [-0.39, 0.29) is 12.1 Å². The van der Waals surface area contributed by atoms with Crippen molar-refractivity contribution in [1.29, 1.82) is 5.26 Å². The van der Waals surface area contributed by atoms with Crippen molar-refractivity contribution >= 4 is 5.97 Å². The van der Waals surface area contributed by atoms with Crippen molar-refractivity contribution in [2.24, 2.45) is 0 Å². The summed E-state index contributed by atoms with van der Waals surface area (Å²) in [6.45, 7) is 0. The molecule has 1 heterocycles. The maximum absolute atomic E-state index is 13.3. The highest BCUT2D eigenvalue weighted by Crippen LogP contribution is 2.09. The molecule has 15 heavy (non-hydrogen) atoms. The molecule has 5 heteroatoms. The predicted molar refractivity (Wildman–Crippen MR) is 48.3 cm³/mol. The minimum Gasteiger partial charge on any atom is -0.478 e. The van der Waals surface area contributed by atoms with E-state index >= 15 is 0 Å². The van der Waals surface area contributed by atoms with Gasteiger partial charge in [0.05, 0.1) is 18.1 Å². The molecule has 74 valence electrons. The van der Waals surface area contributed by atoms with Crippen LogP contribution >= 0.6 is 0 Å². The van der Waals surface area contributed by atoms with Gasteiger partial charge in [0.15, 0.2) is 5.82 Å². The Morgan fingerprint density at radius 1 is 1.67 bits per heavy atom. The van der Waals surface area contributed by atoms with Crippen LogP contribution in [0.2, 0.25) is 0 Å². The average molecular weight is 204 g/mol. The molecular formula is C10H5FN2O2. The Labute approximate surface area is 85.0 Å². The normalized spacial score (nSPS) is 8.53. The number of nitrogens with zero attached hydrogens (tertiary/aromatic N) is 2. The number of aromatic carboxylic acids is 1. The van der Waals surface area contributed by atoms with Crippen LogP contribution in [0.25, 0.3) is 0 Å². The summed E-state index contributed by atoms with van der Waals surface area (Å²) in [6.07, 6.45) is 1.10. The number of carbonyl (C=O) groups is 1. The van der Waals surface area contributed by atoms with Crippen LogP contribution < -0.4 is 0 Å². The van der Waals surface area contributed by atoms with Crippen molar-refractivity contribution in [2.45, 2.75) is 6.42 Å². The van der Waals surface area contributed by atoms with Crippen LogP contribution in [0.5, 0.6) is 0 Å². The van der Waals surface area contributed by atoms with Crippen molar-refractivity contribution in [3.8, 4) is 17.9 Å².